The molecular weight excluding hydrogens is 300 g/mol. The molecule has 0 aliphatic heterocycles. The largest absolute Gasteiger partial charge is 0.481 e. The molecule has 0 saturated heterocycles. The average molecular weight is 322 g/mol. The van der Waals surface area contributed by atoms with Gasteiger partial charge in [-0.05, 0) is 36.6 Å². The van der Waals surface area contributed by atoms with E-state index in [0.29, 0.717) is 0 Å². The highest BCUT2D eigenvalue weighted by molar-refractivity contribution is 5.83. The Bertz CT molecular complexity index is 880. The molecule has 24 heavy (non-hydrogen) atoms. The third kappa shape index (κ3) is 3.18. The van der Waals surface area contributed by atoms with Crippen molar-refractivity contribution in [1.82, 2.24) is 9.55 Å². The zero-order chi connectivity index (χ0) is 17.1. The molecule has 1 heterocycles. The number of nitrogens with zero attached hydrogens (tertiary/aromatic N) is 2. The third-order valence-corrected chi connectivity index (χ3v) is 4.29. The SMILES string of the molecule is CCCCn1c(-c2ccccc2C)nc2cc(CC(=O)O)ccc21. The smallest absolute Gasteiger partial charge is 0.307 e. The number of fused-ring (bicyclic) bond motifs is 1. The molecule has 0 radical (unpaired) electrons. The number of unbranched alkanes of at least 4 members (excludes halogenated alkanes) is 1. The van der Waals surface area contributed by atoms with Gasteiger partial charge in [0, 0.05) is 12.1 Å². The molecule has 4 heteroatoms. The molecule has 3 aromatic rings. The molecule has 1 N–H and O–H groups in total. The number of imidazole rings is 1. The Morgan fingerprint density at radius 2 is 2.00 bits per heavy atom. The number of carboxylic acid groups (broad SMARTS) is 1. The van der Waals surface area contributed by atoms with Gasteiger partial charge in [-0.25, -0.2) is 4.98 Å². The summed E-state index contributed by atoms with van der Waals surface area (Å²) < 4.78 is 2.26. The second kappa shape index (κ2) is 6.87. The quantitative estimate of drug-likeness (QED) is 0.730. The summed E-state index contributed by atoms with van der Waals surface area (Å²) in [5, 5.41) is 9.00. The van der Waals surface area contributed by atoms with E-state index in [1.165, 1.54) is 5.56 Å². The minimum Gasteiger partial charge on any atom is -0.481 e. The van der Waals surface area contributed by atoms with Gasteiger partial charge in [-0.1, -0.05) is 43.7 Å². The van der Waals surface area contributed by atoms with Gasteiger partial charge in [0.15, 0.2) is 0 Å². The predicted octanol–water partition coefficient (Wildman–Crippen LogP) is 4.44. The van der Waals surface area contributed by atoms with Gasteiger partial charge < -0.3 is 9.67 Å². The molecule has 0 aliphatic carbocycles. The number of aromatic nitrogens is 2. The lowest BCUT2D eigenvalue weighted by atomic mass is 10.1. The van der Waals surface area contributed by atoms with Crippen LogP contribution in [0.1, 0.15) is 30.9 Å². The summed E-state index contributed by atoms with van der Waals surface area (Å²) in [6.07, 6.45) is 2.22. The van der Waals surface area contributed by atoms with Gasteiger partial charge in [-0.2, -0.15) is 0 Å². The Morgan fingerprint density at radius 3 is 2.71 bits per heavy atom. The second-order valence-corrected chi connectivity index (χ2v) is 6.15. The molecule has 0 aliphatic rings. The van der Waals surface area contributed by atoms with Crippen LogP contribution in [0.4, 0.5) is 0 Å². The highest BCUT2D eigenvalue weighted by atomic mass is 16.4. The zero-order valence-electron chi connectivity index (χ0n) is 14.1. The van der Waals surface area contributed by atoms with E-state index in [9.17, 15) is 4.79 Å². The van der Waals surface area contributed by atoms with E-state index in [1.807, 2.05) is 30.3 Å². The van der Waals surface area contributed by atoms with Gasteiger partial charge in [0.2, 0.25) is 0 Å². The second-order valence-electron chi connectivity index (χ2n) is 6.15. The number of hydrogen-bond donors (Lipinski definition) is 1. The minimum absolute atomic E-state index is 0.0253. The van der Waals surface area contributed by atoms with Crippen molar-refractivity contribution in [2.75, 3.05) is 0 Å². The first kappa shape index (κ1) is 16.2. The summed E-state index contributed by atoms with van der Waals surface area (Å²) in [4.78, 5) is 15.8. The Kier molecular flexibility index (Phi) is 4.65. The fraction of sp³-hybridized carbons (Fsp3) is 0.300. The molecule has 4 nitrogen and oxygen atoms in total. The Balaban J connectivity index is 2.16. The van der Waals surface area contributed by atoms with Crippen LogP contribution in [0.2, 0.25) is 0 Å². The molecule has 0 unspecified atom stereocenters. The number of carbonyl (C=O) groups is 1. The topological polar surface area (TPSA) is 55.1 Å². The van der Waals surface area contributed by atoms with Crippen molar-refractivity contribution in [3.63, 3.8) is 0 Å². The van der Waals surface area contributed by atoms with E-state index in [1.54, 1.807) is 0 Å². The maximum atomic E-state index is 11.0. The van der Waals surface area contributed by atoms with Crippen molar-refractivity contribution in [2.24, 2.45) is 0 Å². The fourth-order valence-corrected chi connectivity index (χ4v) is 3.03. The number of hydrogen-bond acceptors (Lipinski definition) is 2. The van der Waals surface area contributed by atoms with Crippen molar-refractivity contribution in [3.8, 4) is 11.4 Å². The van der Waals surface area contributed by atoms with Crippen molar-refractivity contribution in [2.45, 2.75) is 39.7 Å². The molecule has 124 valence electrons. The van der Waals surface area contributed by atoms with Crippen LogP contribution >= 0.6 is 0 Å². The van der Waals surface area contributed by atoms with Gasteiger partial charge in [0.25, 0.3) is 0 Å². The molecule has 0 saturated carbocycles. The maximum Gasteiger partial charge on any atom is 0.307 e. The maximum absolute atomic E-state index is 11.0. The number of aliphatic carboxylic acids is 1. The van der Waals surface area contributed by atoms with Gasteiger partial charge in [-0.15, -0.1) is 0 Å². The van der Waals surface area contributed by atoms with Crippen LogP contribution in [-0.4, -0.2) is 20.6 Å². The van der Waals surface area contributed by atoms with Crippen LogP contribution in [0, 0.1) is 6.92 Å². The van der Waals surface area contributed by atoms with Gasteiger partial charge >= 0.3 is 5.97 Å². The van der Waals surface area contributed by atoms with E-state index in [-0.39, 0.29) is 6.42 Å². The highest BCUT2D eigenvalue weighted by Gasteiger charge is 2.14. The van der Waals surface area contributed by atoms with Crippen LogP contribution in [0.3, 0.4) is 0 Å². The van der Waals surface area contributed by atoms with Gasteiger partial charge in [-0.3, -0.25) is 4.79 Å². The first-order valence-electron chi connectivity index (χ1n) is 8.37. The lowest BCUT2D eigenvalue weighted by molar-refractivity contribution is -0.136. The lowest BCUT2D eigenvalue weighted by Crippen LogP contribution is -2.02. The molecule has 0 bridgehead atoms. The summed E-state index contributed by atoms with van der Waals surface area (Å²) in [5.41, 5.74) is 5.03. The minimum atomic E-state index is -0.820. The van der Waals surface area contributed by atoms with Crippen molar-refractivity contribution in [1.29, 1.82) is 0 Å². The van der Waals surface area contributed by atoms with Crippen LogP contribution in [0.25, 0.3) is 22.4 Å². The molecule has 0 spiro atoms. The first-order chi connectivity index (χ1) is 11.6. The molecule has 0 amide bonds. The van der Waals surface area contributed by atoms with Crippen LogP contribution < -0.4 is 0 Å². The summed E-state index contributed by atoms with van der Waals surface area (Å²) in [5.74, 6) is 0.142. The van der Waals surface area contributed by atoms with E-state index in [2.05, 4.69) is 30.5 Å². The third-order valence-electron chi connectivity index (χ3n) is 4.29. The molecule has 0 atom stereocenters. The molecule has 2 aromatic carbocycles. The summed E-state index contributed by atoms with van der Waals surface area (Å²) in [6.45, 7) is 5.18. The Morgan fingerprint density at radius 1 is 1.21 bits per heavy atom. The zero-order valence-corrected chi connectivity index (χ0v) is 14.1. The first-order valence-corrected chi connectivity index (χ1v) is 8.37. The predicted molar refractivity (Wildman–Crippen MR) is 96.2 cm³/mol. The van der Waals surface area contributed by atoms with Crippen LogP contribution in [0.15, 0.2) is 42.5 Å². The standard InChI is InChI=1S/C20H22N2O2/c1-3-4-11-22-18-10-9-15(13-19(23)24)12-17(18)21-20(22)16-8-6-5-7-14(16)2/h5-10,12H,3-4,11,13H2,1-2H3,(H,23,24). The van der Waals surface area contributed by atoms with Gasteiger partial charge in [0.05, 0.1) is 17.5 Å². The normalized spacial score (nSPS) is 11.1. The van der Waals surface area contributed by atoms with Gasteiger partial charge in [0.1, 0.15) is 5.82 Å². The van der Waals surface area contributed by atoms with E-state index in [4.69, 9.17) is 10.1 Å². The van der Waals surface area contributed by atoms with E-state index < -0.39 is 5.97 Å². The van der Waals surface area contributed by atoms with Crippen molar-refractivity contribution in [3.05, 3.63) is 53.6 Å². The molecule has 3 rings (SSSR count). The van der Waals surface area contributed by atoms with Crippen LogP contribution in [0.5, 0.6) is 0 Å². The number of carboxylic acids is 1. The summed E-state index contributed by atoms with van der Waals surface area (Å²) in [7, 11) is 0. The molecule has 0 fully saturated rings. The van der Waals surface area contributed by atoms with E-state index >= 15 is 0 Å². The number of rotatable bonds is 6. The monoisotopic (exact) mass is 322 g/mol. The van der Waals surface area contributed by atoms with E-state index in [0.717, 1.165) is 47.4 Å². The lowest BCUT2D eigenvalue weighted by Gasteiger charge is -2.10. The highest BCUT2D eigenvalue weighted by Crippen LogP contribution is 2.28. The Labute approximate surface area is 141 Å². The molecule has 1 aromatic heterocycles. The van der Waals surface area contributed by atoms with Crippen molar-refractivity contribution < 1.29 is 9.90 Å². The fourth-order valence-electron chi connectivity index (χ4n) is 3.03. The summed E-state index contributed by atoms with van der Waals surface area (Å²) in [6, 6.07) is 14.0. The summed E-state index contributed by atoms with van der Waals surface area (Å²) >= 11 is 0. The average Bonchev–Trinajstić information content (AvgIpc) is 2.90. The number of benzene rings is 2. The molecular formula is C20H22N2O2. The van der Waals surface area contributed by atoms with Crippen LogP contribution in [-0.2, 0) is 17.8 Å². The number of aryl methyl sites for hydroxylation is 2. The van der Waals surface area contributed by atoms with Crippen molar-refractivity contribution >= 4 is 17.0 Å². The Hall–Kier alpha value is -2.62.